The molecule has 0 N–H and O–H groups in total. The van der Waals surface area contributed by atoms with Crippen LogP contribution in [0.1, 0.15) is 12.6 Å². The van der Waals surface area contributed by atoms with Crippen LogP contribution in [0, 0.1) is 0 Å². The van der Waals surface area contributed by atoms with E-state index in [2.05, 4.69) is 4.98 Å². The summed E-state index contributed by atoms with van der Waals surface area (Å²) in [7, 11) is 0. The molecule has 94 valence electrons. The molecule has 0 aliphatic carbocycles. The van der Waals surface area contributed by atoms with Crippen molar-refractivity contribution in [3.63, 3.8) is 0 Å². The summed E-state index contributed by atoms with van der Waals surface area (Å²) in [5, 5.41) is 0. The highest BCUT2D eigenvalue weighted by Crippen LogP contribution is 2.24. The molecule has 0 saturated carbocycles. The fourth-order valence-corrected chi connectivity index (χ4v) is 1.65. The van der Waals surface area contributed by atoms with Gasteiger partial charge in [0.2, 0.25) is 5.88 Å². The zero-order valence-corrected chi connectivity index (χ0v) is 10.9. The van der Waals surface area contributed by atoms with Crippen LogP contribution in [0.25, 0.3) is 0 Å². The molecule has 1 aromatic heterocycles. The fraction of sp³-hybridized carbons (Fsp3) is 0.214. The number of halogens is 1. The first-order valence-corrected chi connectivity index (χ1v) is 6.28. The molecule has 0 aliphatic heterocycles. The van der Waals surface area contributed by atoms with E-state index in [4.69, 9.17) is 21.1 Å². The molecule has 1 heterocycles. The maximum atomic E-state index is 5.73. The van der Waals surface area contributed by atoms with Crippen LogP contribution in [0.3, 0.4) is 0 Å². The molecule has 18 heavy (non-hydrogen) atoms. The van der Waals surface area contributed by atoms with Gasteiger partial charge < -0.3 is 9.47 Å². The van der Waals surface area contributed by atoms with E-state index in [0.717, 1.165) is 11.4 Å². The molecule has 2 aromatic rings. The number of aromatic nitrogens is 1. The molecule has 3 nitrogen and oxygen atoms in total. The van der Waals surface area contributed by atoms with Crippen LogP contribution >= 0.6 is 11.6 Å². The van der Waals surface area contributed by atoms with E-state index < -0.39 is 0 Å². The van der Waals surface area contributed by atoms with Crippen molar-refractivity contribution in [2.45, 2.75) is 12.8 Å². The van der Waals surface area contributed by atoms with Crippen LogP contribution in [0.2, 0.25) is 0 Å². The van der Waals surface area contributed by atoms with Crippen molar-refractivity contribution < 1.29 is 9.47 Å². The van der Waals surface area contributed by atoms with E-state index in [1.165, 1.54) is 0 Å². The Balaban J connectivity index is 2.14. The molecule has 0 aliphatic rings. The number of hydrogen-bond acceptors (Lipinski definition) is 3. The van der Waals surface area contributed by atoms with Crippen molar-refractivity contribution in [1.82, 2.24) is 4.98 Å². The second-order valence-corrected chi connectivity index (χ2v) is 3.88. The third kappa shape index (κ3) is 3.37. The van der Waals surface area contributed by atoms with Gasteiger partial charge in [0.25, 0.3) is 0 Å². The quantitative estimate of drug-likeness (QED) is 0.764. The largest absolute Gasteiger partial charge is 0.494 e. The molecular formula is C14H14ClNO2. The van der Waals surface area contributed by atoms with Crippen molar-refractivity contribution in [2.24, 2.45) is 0 Å². The number of nitrogens with zero attached hydrogens (tertiary/aromatic N) is 1. The predicted molar refractivity (Wildman–Crippen MR) is 71.5 cm³/mol. The smallest absolute Gasteiger partial charge is 0.219 e. The van der Waals surface area contributed by atoms with Gasteiger partial charge in [-0.05, 0) is 25.1 Å². The van der Waals surface area contributed by atoms with Gasteiger partial charge in [-0.1, -0.05) is 12.1 Å². The molecule has 0 saturated heterocycles. The first-order chi connectivity index (χ1) is 8.81. The van der Waals surface area contributed by atoms with Crippen molar-refractivity contribution in [3.8, 4) is 17.4 Å². The van der Waals surface area contributed by atoms with Gasteiger partial charge in [-0.25, -0.2) is 4.98 Å². The SMILES string of the molecule is CCOc1cccc(Oc2cccc(CCl)n2)c1. The van der Waals surface area contributed by atoms with Crippen LogP contribution in [0.15, 0.2) is 42.5 Å². The van der Waals surface area contributed by atoms with Crippen LogP contribution in [-0.4, -0.2) is 11.6 Å². The lowest BCUT2D eigenvalue weighted by Crippen LogP contribution is -1.93. The van der Waals surface area contributed by atoms with Crippen molar-refractivity contribution in [2.75, 3.05) is 6.61 Å². The summed E-state index contributed by atoms with van der Waals surface area (Å²) < 4.78 is 11.1. The molecule has 0 radical (unpaired) electrons. The highest BCUT2D eigenvalue weighted by molar-refractivity contribution is 6.16. The molecule has 0 atom stereocenters. The van der Waals surface area contributed by atoms with Gasteiger partial charge in [-0.15, -0.1) is 11.6 Å². The van der Waals surface area contributed by atoms with Gasteiger partial charge in [0, 0.05) is 12.1 Å². The third-order valence-electron chi connectivity index (χ3n) is 2.26. The van der Waals surface area contributed by atoms with E-state index in [0.29, 0.717) is 24.1 Å². The Labute approximate surface area is 111 Å². The topological polar surface area (TPSA) is 31.4 Å². The van der Waals surface area contributed by atoms with Crippen molar-refractivity contribution in [1.29, 1.82) is 0 Å². The molecule has 0 unspecified atom stereocenters. The van der Waals surface area contributed by atoms with Crippen LogP contribution in [0.4, 0.5) is 0 Å². The summed E-state index contributed by atoms with van der Waals surface area (Å²) in [6.07, 6.45) is 0. The Morgan fingerprint density at radius 3 is 2.67 bits per heavy atom. The van der Waals surface area contributed by atoms with E-state index in [-0.39, 0.29) is 0 Å². The van der Waals surface area contributed by atoms with Gasteiger partial charge in [-0.3, -0.25) is 0 Å². The Hall–Kier alpha value is -1.74. The minimum atomic E-state index is 0.371. The monoisotopic (exact) mass is 263 g/mol. The van der Waals surface area contributed by atoms with E-state index in [1.54, 1.807) is 6.07 Å². The number of hydrogen-bond donors (Lipinski definition) is 0. The lowest BCUT2D eigenvalue weighted by molar-refractivity contribution is 0.338. The molecule has 0 bridgehead atoms. The molecule has 0 spiro atoms. The summed E-state index contributed by atoms with van der Waals surface area (Å²) in [6.45, 7) is 2.57. The third-order valence-corrected chi connectivity index (χ3v) is 2.53. The molecule has 4 heteroatoms. The van der Waals surface area contributed by atoms with E-state index in [1.807, 2.05) is 43.3 Å². The first-order valence-electron chi connectivity index (χ1n) is 5.74. The molecule has 0 fully saturated rings. The summed E-state index contributed by atoms with van der Waals surface area (Å²) in [5.41, 5.74) is 0.787. The standard InChI is InChI=1S/C14H14ClNO2/c1-2-17-12-6-4-7-13(9-12)18-14-8-3-5-11(10-15)16-14/h3-9H,2,10H2,1H3. The van der Waals surface area contributed by atoms with Crippen LogP contribution in [0.5, 0.6) is 17.4 Å². The first kappa shape index (κ1) is 12.7. The lowest BCUT2D eigenvalue weighted by atomic mass is 10.3. The normalized spacial score (nSPS) is 10.1. The Bertz CT molecular complexity index is 517. The number of ether oxygens (including phenoxy) is 2. The second kappa shape index (κ2) is 6.26. The van der Waals surface area contributed by atoms with Crippen LogP contribution < -0.4 is 9.47 Å². The van der Waals surface area contributed by atoms with Crippen LogP contribution in [-0.2, 0) is 5.88 Å². The Kier molecular flexibility index (Phi) is 4.42. The predicted octanol–water partition coefficient (Wildman–Crippen LogP) is 4.01. The minimum absolute atomic E-state index is 0.371. The van der Waals surface area contributed by atoms with E-state index >= 15 is 0 Å². The maximum Gasteiger partial charge on any atom is 0.219 e. The zero-order valence-electron chi connectivity index (χ0n) is 10.1. The fourth-order valence-electron chi connectivity index (χ4n) is 1.50. The molecular weight excluding hydrogens is 250 g/mol. The summed E-state index contributed by atoms with van der Waals surface area (Å²) in [4.78, 5) is 4.27. The molecule has 2 rings (SSSR count). The zero-order chi connectivity index (χ0) is 12.8. The summed E-state index contributed by atoms with van der Waals surface area (Å²) in [6, 6.07) is 13.0. The van der Waals surface area contributed by atoms with Crippen molar-refractivity contribution >= 4 is 11.6 Å². The molecule has 0 amide bonds. The van der Waals surface area contributed by atoms with Gasteiger partial charge in [-0.2, -0.15) is 0 Å². The number of rotatable bonds is 5. The van der Waals surface area contributed by atoms with Gasteiger partial charge >= 0.3 is 0 Å². The Morgan fingerprint density at radius 1 is 1.11 bits per heavy atom. The highest BCUT2D eigenvalue weighted by Gasteiger charge is 2.01. The number of alkyl halides is 1. The van der Waals surface area contributed by atoms with Crippen molar-refractivity contribution in [3.05, 3.63) is 48.2 Å². The average Bonchev–Trinajstić information content (AvgIpc) is 2.40. The van der Waals surface area contributed by atoms with E-state index in [9.17, 15) is 0 Å². The summed E-state index contributed by atoms with van der Waals surface area (Å²) in [5.74, 6) is 2.38. The highest BCUT2D eigenvalue weighted by atomic mass is 35.5. The minimum Gasteiger partial charge on any atom is -0.494 e. The Morgan fingerprint density at radius 2 is 1.89 bits per heavy atom. The second-order valence-electron chi connectivity index (χ2n) is 3.61. The number of pyridine rings is 1. The number of benzene rings is 1. The van der Waals surface area contributed by atoms with Gasteiger partial charge in [0.1, 0.15) is 11.5 Å². The van der Waals surface area contributed by atoms with Gasteiger partial charge in [0.05, 0.1) is 18.2 Å². The average molecular weight is 264 g/mol. The summed E-state index contributed by atoms with van der Waals surface area (Å²) >= 11 is 5.73. The maximum absolute atomic E-state index is 5.73. The lowest BCUT2D eigenvalue weighted by Gasteiger charge is -2.08. The van der Waals surface area contributed by atoms with Gasteiger partial charge in [0.15, 0.2) is 0 Å². The molecule has 1 aromatic carbocycles.